The van der Waals surface area contributed by atoms with E-state index in [1.54, 1.807) is 0 Å². The largest absolute Gasteiger partial charge is 0.416 e. The summed E-state index contributed by atoms with van der Waals surface area (Å²) in [6, 6.07) is 1.09. The number of rotatable bonds is 1. The molecule has 1 aliphatic rings. The smallest absolute Gasteiger partial charge is 0.264 e. The minimum absolute atomic E-state index is 0.0396. The van der Waals surface area contributed by atoms with Crippen molar-refractivity contribution in [3.8, 4) is 0 Å². The van der Waals surface area contributed by atoms with Crippen LogP contribution >= 0.6 is 15.9 Å². The Balaban J connectivity index is 2.32. The molecule has 0 spiro atoms. The van der Waals surface area contributed by atoms with E-state index >= 15 is 0 Å². The van der Waals surface area contributed by atoms with Crippen LogP contribution in [0.1, 0.15) is 49.1 Å². The molecule has 1 fully saturated rings. The van der Waals surface area contributed by atoms with Crippen LogP contribution in [0, 0.1) is 0 Å². The van der Waals surface area contributed by atoms with Crippen LogP contribution in [0.5, 0.6) is 0 Å². The molecule has 1 nitrogen and oxygen atoms in total. The molecular weight excluding hydrogens is 307 g/mol. The first kappa shape index (κ1) is 13.8. The van der Waals surface area contributed by atoms with Gasteiger partial charge in [-0.2, -0.15) is 13.2 Å². The first-order valence-electron chi connectivity index (χ1n) is 6.13. The van der Waals surface area contributed by atoms with Crippen LogP contribution in [-0.4, -0.2) is 9.81 Å². The van der Waals surface area contributed by atoms with Crippen molar-refractivity contribution in [3.05, 3.63) is 29.6 Å². The second kappa shape index (κ2) is 5.59. The summed E-state index contributed by atoms with van der Waals surface area (Å²) < 4.78 is 38.9. The molecule has 0 amide bonds. The second-order valence-electron chi connectivity index (χ2n) is 4.78. The molecule has 2 rings (SSSR count). The van der Waals surface area contributed by atoms with Crippen LogP contribution in [0.15, 0.2) is 18.5 Å². The van der Waals surface area contributed by atoms with Crippen LogP contribution in [-0.2, 0) is 6.18 Å². The maximum absolute atomic E-state index is 13.0. The molecule has 1 saturated carbocycles. The van der Waals surface area contributed by atoms with Gasteiger partial charge in [0.2, 0.25) is 0 Å². The monoisotopic (exact) mass is 321 g/mol. The fourth-order valence-electron chi connectivity index (χ4n) is 2.57. The van der Waals surface area contributed by atoms with Crippen LogP contribution in [0.25, 0.3) is 0 Å². The molecule has 1 aliphatic carbocycles. The zero-order valence-corrected chi connectivity index (χ0v) is 11.5. The molecule has 0 radical (unpaired) electrons. The zero-order chi connectivity index (χ0) is 13.2. The number of nitrogens with zero attached hydrogens (tertiary/aromatic N) is 1. The van der Waals surface area contributed by atoms with E-state index in [0.29, 0.717) is 10.4 Å². The fraction of sp³-hybridized carbons (Fsp3) is 0.615. The molecule has 0 aliphatic heterocycles. The van der Waals surface area contributed by atoms with Gasteiger partial charge in [-0.1, -0.05) is 28.8 Å². The summed E-state index contributed by atoms with van der Waals surface area (Å²) in [6.07, 6.45) is 3.00. The average Bonchev–Trinajstić information content (AvgIpc) is 2.53. The Morgan fingerprint density at radius 1 is 1.22 bits per heavy atom. The summed E-state index contributed by atoms with van der Waals surface area (Å²) in [7, 11) is 0. The van der Waals surface area contributed by atoms with E-state index < -0.39 is 11.7 Å². The van der Waals surface area contributed by atoms with Gasteiger partial charge in [-0.15, -0.1) is 0 Å². The third-order valence-corrected chi connectivity index (χ3v) is 4.29. The summed E-state index contributed by atoms with van der Waals surface area (Å²) in [5.41, 5.74) is -0.166. The van der Waals surface area contributed by atoms with E-state index in [1.165, 1.54) is 12.4 Å². The average molecular weight is 322 g/mol. The molecule has 0 N–H and O–H groups in total. The molecule has 5 heteroatoms. The van der Waals surface area contributed by atoms with Gasteiger partial charge in [-0.05, 0) is 36.8 Å². The van der Waals surface area contributed by atoms with Crippen molar-refractivity contribution < 1.29 is 13.2 Å². The van der Waals surface area contributed by atoms with Crippen LogP contribution in [0.3, 0.4) is 0 Å². The zero-order valence-electron chi connectivity index (χ0n) is 9.88. The molecule has 0 saturated heterocycles. The predicted molar refractivity (Wildman–Crippen MR) is 67.8 cm³/mol. The molecule has 1 aromatic rings. The first-order valence-corrected chi connectivity index (χ1v) is 7.05. The maximum Gasteiger partial charge on any atom is 0.416 e. The van der Waals surface area contributed by atoms with Gasteiger partial charge in [0.25, 0.3) is 0 Å². The number of hydrogen-bond acceptors (Lipinski definition) is 1. The number of aromatic nitrogens is 1. The van der Waals surface area contributed by atoms with E-state index in [9.17, 15) is 13.2 Å². The lowest BCUT2D eigenvalue weighted by molar-refractivity contribution is -0.138. The molecule has 2 unspecified atom stereocenters. The lowest BCUT2D eigenvalue weighted by Gasteiger charge is -2.20. The van der Waals surface area contributed by atoms with Gasteiger partial charge in [0.15, 0.2) is 0 Å². The third kappa shape index (κ3) is 3.25. The van der Waals surface area contributed by atoms with Crippen molar-refractivity contribution in [1.82, 2.24) is 4.98 Å². The van der Waals surface area contributed by atoms with E-state index in [-0.39, 0.29) is 5.92 Å². The predicted octanol–water partition coefficient (Wildman–Crippen LogP) is 4.91. The van der Waals surface area contributed by atoms with Gasteiger partial charge in [0.05, 0.1) is 5.56 Å². The molecular formula is C13H15BrF3N. The van der Waals surface area contributed by atoms with Crippen molar-refractivity contribution in [1.29, 1.82) is 0 Å². The van der Waals surface area contributed by atoms with Gasteiger partial charge in [0.1, 0.15) is 0 Å². The highest BCUT2D eigenvalue weighted by Crippen LogP contribution is 2.40. The van der Waals surface area contributed by atoms with Gasteiger partial charge in [-0.3, -0.25) is 4.98 Å². The Hall–Kier alpha value is -0.580. The maximum atomic E-state index is 13.0. The molecule has 1 aromatic heterocycles. The van der Waals surface area contributed by atoms with E-state index in [4.69, 9.17) is 0 Å². The summed E-state index contributed by atoms with van der Waals surface area (Å²) in [4.78, 5) is 4.19. The van der Waals surface area contributed by atoms with Gasteiger partial charge >= 0.3 is 6.18 Å². The Morgan fingerprint density at radius 2 is 1.94 bits per heavy atom. The van der Waals surface area contributed by atoms with Gasteiger partial charge < -0.3 is 0 Å². The van der Waals surface area contributed by atoms with Crippen molar-refractivity contribution in [3.63, 3.8) is 0 Å². The summed E-state index contributed by atoms with van der Waals surface area (Å²) >= 11 is 3.55. The standard InChI is InChI=1S/C13H15BrF3N/c14-10-4-2-1-3-9(7-10)11-8-18-6-5-12(11)13(15,16)17/h5-6,8-10H,1-4,7H2. The first-order chi connectivity index (χ1) is 8.48. The van der Waals surface area contributed by atoms with Crippen LogP contribution in [0.2, 0.25) is 0 Å². The van der Waals surface area contributed by atoms with Crippen molar-refractivity contribution in [2.75, 3.05) is 0 Å². The second-order valence-corrected chi connectivity index (χ2v) is 6.07. The summed E-state index contributed by atoms with van der Waals surface area (Å²) in [6.45, 7) is 0. The number of halogens is 4. The highest BCUT2D eigenvalue weighted by molar-refractivity contribution is 9.09. The summed E-state index contributed by atoms with van der Waals surface area (Å²) in [5, 5.41) is 0. The minimum atomic E-state index is -4.29. The third-order valence-electron chi connectivity index (χ3n) is 3.46. The Morgan fingerprint density at radius 3 is 2.67 bits per heavy atom. The summed E-state index contributed by atoms with van der Waals surface area (Å²) in [5.74, 6) is -0.0396. The SMILES string of the molecule is FC(F)(F)c1ccncc1C1CCCCC(Br)C1. The quantitative estimate of drug-likeness (QED) is 0.529. The molecule has 2 atom stereocenters. The molecule has 18 heavy (non-hydrogen) atoms. The molecule has 100 valence electrons. The number of alkyl halides is 4. The Labute approximate surface area is 113 Å². The molecule has 0 aromatic carbocycles. The highest BCUT2D eigenvalue weighted by atomic mass is 79.9. The van der Waals surface area contributed by atoms with Gasteiger partial charge in [-0.25, -0.2) is 0 Å². The van der Waals surface area contributed by atoms with E-state index in [1.807, 2.05) is 0 Å². The van der Waals surface area contributed by atoms with Crippen molar-refractivity contribution in [2.24, 2.45) is 0 Å². The lowest BCUT2D eigenvalue weighted by Crippen LogP contribution is -2.14. The van der Waals surface area contributed by atoms with Crippen molar-refractivity contribution >= 4 is 15.9 Å². The minimum Gasteiger partial charge on any atom is -0.264 e. The van der Waals surface area contributed by atoms with Crippen LogP contribution < -0.4 is 0 Å². The van der Waals surface area contributed by atoms with Gasteiger partial charge in [0, 0.05) is 17.2 Å². The number of hydrogen-bond donors (Lipinski definition) is 0. The molecule has 0 bridgehead atoms. The Bertz CT molecular complexity index is 405. The fourth-order valence-corrected chi connectivity index (χ4v) is 3.35. The topological polar surface area (TPSA) is 12.9 Å². The molecule has 1 heterocycles. The highest BCUT2D eigenvalue weighted by Gasteiger charge is 2.35. The van der Waals surface area contributed by atoms with Crippen molar-refractivity contribution in [2.45, 2.75) is 49.0 Å². The van der Waals surface area contributed by atoms with Crippen LogP contribution in [0.4, 0.5) is 13.2 Å². The van der Waals surface area contributed by atoms with E-state index in [0.717, 1.165) is 38.2 Å². The lowest BCUT2D eigenvalue weighted by atomic mass is 9.89. The Kier molecular flexibility index (Phi) is 4.30. The number of pyridine rings is 1. The van der Waals surface area contributed by atoms with E-state index in [2.05, 4.69) is 20.9 Å². The normalized spacial score (nSPS) is 25.8.